The van der Waals surface area contributed by atoms with E-state index in [4.69, 9.17) is 0 Å². The van der Waals surface area contributed by atoms with Crippen LogP contribution in [0.15, 0.2) is 46.5 Å². The van der Waals surface area contributed by atoms with Crippen LogP contribution in [0.4, 0.5) is 0 Å². The molecule has 126 valence electrons. The first kappa shape index (κ1) is 17.0. The minimum absolute atomic E-state index is 0.0865. The number of benzene rings is 1. The van der Waals surface area contributed by atoms with Crippen LogP contribution in [0.25, 0.3) is 0 Å². The number of likely N-dealkylation sites (N-methyl/N-ethyl adjacent to an activating group) is 1. The fourth-order valence-electron chi connectivity index (χ4n) is 2.83. The highest BCUT2D eigenvalue weighted by atomic mass is 32.2. The molecule has 1 amide bonds. The highest BCUT2D eigenvalue weighted by molar-refractivity contribution is 7.99. The number of nitrogens with zero attached hydrogens (tertiary/aromatic N) is 3. The number of hydrogen-bond acceptors (Lipinski definition) is 4. The zero-order chi connectivity index (χ0) is 17.1. The summed E-state index contributed by atoms with van der Waals surface area (Å²) in [7, 11) is 2.09. The van der Waals surface area contributed by atoms with E-state index in [0.717, 1.165) is 36.1 Å². The summed E-state index contributed by atoms with van der Waals surface area (Å²) in [5.41, 5.74) is 3.15. The normalized spacial score (nSPS) is 15.5. The Hall–Kier alpha value is -1.85. The van der Waals surface area contributed by atoms with Gasteiger partial charge in [-0.2, -0.15) is 0 Å². The van der Waals surface area contributed by atoms with Gasteiger partial charge in [-0.15, -0.1) is 0 Å². The monoisotopic (exact) mass is 341 g/mol. The predicted octanol–water partition coefficient (Wildman–Crippen LogP) is 3.24. The van der Waals surface area contributed by atoms with Crippen LogP contribution in [-0.2, 0) is 0 Å². The molecule has 0 saturated carbocycles. The maximum absolute atomic E-state index is 12.9. The molecule has 0 aliphatic carbocycles. The quantitative estimate of drug-likeness (QED) is 0.859. The molecule has 1 aliphatic heterocycles. The van der Waals surface area contributed by atoms with E-state index in [-0.39, 0.29) is 5.91 Å². The Morgan fingerprint density at radius 2 is 1.88 bits per heavy atom. The molecule has 5 heteroatoms. The second-order valence-corrected chi connectivity index (χ2v) is 7.35. The molecule has 2 heterocycles. The molecule has 0 bridgehead atoms. The van der Waals surface area contributed by atoms with Crippen LogP contribution < -0.4 is 0 Å². The Balaban J connectivity index is 1.83. The fraction of sp³-hybridized carbons (Fsp3) is 0.368. The summed E-state index contributed by atoms with van der Waals surface area (Å²) in [4.78, 5) is 22.7. The van der Waals surface area contributed by atoms with Gasteiger partial charge in [-0.25, -0.2) is 4.98 Å². The van der Waals surface area contributed by atoms with Crippen molar-refractivity contribution in [2.75, 3.05) is 33.2 Å². The third-order valence-corrected chi connectivity index (χ3v) is 5.53. The summed E-state index contributed by atoms with van der Waals surface area (Å²) in [6, 6.07) is 10.1. The summed E-state index contributed by atoms with van der Waals surface area (Å²) in [6.07, 6.45) is 1.76. The molecule has 4 nitrogen and oxygen atoms in total. The Labute approximate surface area is 147 Å². The van der Waals surface area contributed by atoms with Crippen molar-refractivity contribution in [3.8, 4) is 0 Å². The predicted molar refractivity (Wildman–Crippen MR) is 97.7 cm³/mol. The lowest BCUT2D eigenvalue weighted by Gasteiger charge is -2.32. The zero-order valence-electron chi connectivity index (χ0n) is 14.5. The summed E-state index contributed by atoms with van der Waals surface area (Å²) < 4.78 is 0. The van der Waals surface area contributed by atoms with Crippen molar-refractivity contribution in [1.82, 2.24) is 14.8 Å². The van der Waals surface area contributed by atoms with Gasteiger partial charge < -0.3 is 9.80 Å². The lowest BCUT2D eigenvalue weighted by molar-refractivity contribution is 0.0660. The van der Waals surface area contributed by atoms with Crippen molar-refractivity contribution in [2.24, 2.45) is 0 Å². The first-order valence-electron chi connectivity index (χ1n) is 8.22. The second-order valence-electron chi connectivity index (χ2n) is 6.32. The van der Waals surface area contributed by atoms with Crippen molar-refractivity contribution >= 4 is 17.7 Å². The van der Waals surface area contributed by atoms with E-state index < -0.39 is 0 Å². The van der Waals surface area contributed by atoms with Crippen LogP contribution in [0.2, 0.25) is 0 Å². The summed E-state index contributed by atoms with van der Waals surface area (Å²) in [6.45, 7) is 7.58. The largest absolute Gasteiger partial charge is 0.336 e. The number of carbonyl (C=O) groups is 1. The van der Waals surface area contributed by atoms with Gasteiger partial charge in [-0.05, 0) is 44.7 Å². The Kier molecular flexibility index (Phi) is 5.21. The van der Waals surface area contributed by atoms with Gasteiger partial charge in [0, 0.05) is 37.3 Å². The first-order chi connectivity index (χ1) is 11.5. The molecule has 1 aromatic carbocycles. The number of amides is 1. The molecule has 1 aromatic heterocycles. The number of hydrogen-bond donors (Lipinski definition) is 0. The average molecular weight is 341 g/mol. The molecule has 24 heavy (non-hydrogen) atoms. The maximum atomic E-state index is 12.9. The van der Waals surface area contributed by atoms with Gasteiger partial charge in [0.2, 0.25) is 0 Å². The van der Waals surface area contributed by atoms with E-state index >= 15 is 0 Å². The molecule has 0 unspecified atom stereocenters. The zero-order valence-corrected chi connectivity index (χ0v) is 15.3. The van der Waals surface area contributed by atoms with Gasteiger partial charge in [-0.1, -0.05) is 29.5 Å². The molecule has 1 fully saturated rings. The van der Waals surface area contributed by atoms with E-state index in [0.29, 0.717) is 5.56 Å². The SMILES string of the molecule is Cc1ccc(Sc2ncccc2C(=O)N2CCN(C)CC2)c(C)c1. The van der Waals surface area contributed by atoms with Gasteiger partial charge in [0.15, 0.2) is 0 Å². The minimum atomic E-state index is 0.0865. The number of pyridine rings is 1. The number of aryl methyl sites for hydroxylation is 2. The van der Waals surface area contributed by atoms with E-state index in [1.54, 1.807) is 18.0 Å². The van der Waals surface area contributed by atoms with Crippen molar-refractivity contribution in [3.05, 3.63) is 53.2 Å². The molecule has 0 N–H and O–H groups in total. The van der Waals surface area contributed by atoms with Gasteiger partial charge in [0.25, 0.3) is 5.91 Å². The van der Waals surface area contributed by atoms with Crippen LogP contribution in [0, 0.1) is 13.8 Å². The van der Waals surface area contributed by atoms with Gasteiger partial charge >= 0.3 is 0 Å². The topological polar surface area (TPSA) is 36.4 Å². The molecule has 0 radical (unpaired) electrons. The van der Waals surface area contributed by atoms with Crippen LogP contribution in [-0.4, -0.2) is 53.9 Å². The maximum Gasteiger partial charge on any atom is 0.256 e. The van der Waals surface area contributed by atoms with E-state index in [9.17, 15) is 4.79 Å². The molecular weight excluding hydrogens is 318 g/mol. The molecule has 1 saturated heterocycles. The third-order valence-electron chi connectivity index (χ3n) is 4.33. The number of piperazine rings is 1. The highest BCUT2D eigenvalue weighted by Gasteiger charge is 2.23. The Bertz CT molecular complexity index is 739. The molecule has 2 aromatic rings. The van der Waals surface area contributed by atoms with Crippen molar-refractivity contribution in [3.63, 3.8) is 0 Å². The molecular formula is C19H23N3OS. The van der Waals surface area contributed by atoms with Crippen molar-refractivity contribution in [1.29, 1.82) is 0 Å². The average Bonchev–Trinajstić information content (AvgIpc) is 2.58. The molecule has 0 atom stereocenters. The number of carbonyl (C=O) groups excluding carboxylic acids is 1. The van der Waals surface area contributed by atoms with E-state index in [1.165, 1.54) is 11.1 Å². The lowest BCUT2D eigenvalue weighted by Crippen LogP contribution is -2.47. The lowest BCUT2D eigenvalue weighted by atomic mass is 10.2. The number of aromatic nitrogens is 1. The highest BCUT2D eigenvalue weighted by Crippen LogP contribution is 2.32. The fourth-order valence-corrected chi connectivity index (χ4v) is 3.78. The van der Waals surface area contributed by atoms with Gasteiger partial charge in [-0.3, -0.25) is 4.79 Å². The van der Waals surface area contributed by atoms with Crippen LogP contribution >= 0.6 is 11.8 Å². The summed E-state index contributed by atoms with van der Waals surface area (Å²) in [5.74, 6) is 0.0865. The molecule has 1 aliphatic rings. The summed E-state index contributed by atoms with van der Waals surface area (Å²) in [5, 5.41) is 0.786. The van der Waals surface area contributed by atoms with Gasteiger partial charge in [0.05, 0.1) is 5.56 Å². The second kappa shape index (κ2) is 7.36. The molecule has 3 rings (SSSR count). The smallest absolute Gasteiger partial charge is 0.256 e. The summed E-state index contributed by atoms with van der Waals surface area (Å²) >= 11 is 1.57. The van der Waals surface area contributed by atoms with Crippen LogP contribution in [0.5, 0.6) is 0 Å². The third kappa shape index (κ3) is 3.79. The van der Waals surface area contributed by atoms with Gasteiger partial charge in [0.1, 0.15) is 5.03 Å². The van der Waals surface area contributed by atoms with E-state index in [1.807, 2.05) is 17.0 Å². The standard InChI is InChI=1S/C19H23N3OS/c1-14-6-7-17(15(2)13-14)24-18-16(5-4-8-20-18)19(23)22-11-9-21(3)10-12-22/h4-8,13H,9-12H2,1-3H3. The molecule has 0 spiro atoms. The first-order valence-corrected chi connectivity index (χ1v) is 9.04. The Morgan fingerprint density at radius 1 is 1.12 bits per heavy atom. The number of rotatable bonds is 3. The minimum Gasteiger partial charge on any atom is -0.336 e. The van der Waals surface area contributed by atoms with Crippen LogP contribution in [0.3, 0.4) is 0 Å². The van der Waals surface area contributed by atoms with E-state index in [2.05, 4.69) is 49.0 Å². The Morgan fingerprint density at radius 3 is 2.58 bits per heavy atom. The van der Waals surface area contributed by atoms with Crippen molar-refractivity contribution in [2.45, 2.75) is 23.8 Å². The van der Waals surface area contributed by atoms with Crippen LogP contribution in [0.1, 0.15) is 21.5 Å². The van der Waals surface area contributed by atoms with Crippen molar-refractivity contribution < 1.29 is 4.79 Å².